The van der Waals surface area contributed by atoms with Gasteiger partial charge in [0.05, 0.1) is 11.5 Å². The summed E-state index contributed by atoms with van der Waals surface area (Å²) in [6, 6.07) is 7.55. The number of nitrogens with zero attached hydrogens (tertiary/aromatic N) is 1. The number of hydrogen-bond donors (Lipinski definition) is 1. The zero-order chi connectivity index (χ0) is 15.9. The van der Waals surface area contributed by atoms with Crippen molar-refractivity contribution in [1.82, 2.24) is 9.62 Å². The summed E-state index contributed by atoms with van der Waals surface area (Å²) in [6.45, 7) is 5.82. The quantitative estimate of drug-likeness (QED) is 0.750. The van der Waals surface area contributed by atoms with Gasteiger partial charge in [-0.25, -0.2) is 8.42 Å². The van der Waals surface area contributed by atoms with E-state index in [1.54, 1.807) is 26.3 Å². The summed E-state index contributed by atoms with van der Waals surface area (Å²) in [4.78, 5) is 0.321. The van der Waals surface area contributed by atoms with Crippen molar-refractivity contribution in [3.05, 3.63) is 29.8 Å². The first-order valence-electron chi connectivity index (χ1n) is 7.15. The van der Waals surface area contributed by atoms with Crippen LogP contribution < -0.4 is 5.32 Å². The minimum absolute atomic E-state index is 0.321. The molecule has 0 bridgehead atoms. The van der Waals surface area contributed by atoms with Gasteiger partial charge in [0.25, 0.3) is 0 Å². The SMILES string of the molecule is COCCN(C)S(=O)(=O)c1ccc(CCNC(C)C)cc1. The molecule has 5 nitrogen and oxygen atoms in total. The Bertz CT molecular complexity index is 512. The van der Waals surface area contributed by atoms with Crippen molar-refractivity contribution >= 4 is 10.0 Å². The highest BCUT2D eigenvalue weighted by Crippen LogP contribution is 2.15. The van der Waals surface area contributed by atoms with Gasteiger partial charge in [0.15, 0.2) is 0 Å². The number of sulfonamides is 1. The van der Waals surface area contributed by atoms with Crippen LogP contribution in [0.15, 0.2) is 29.2 Å². The van der Waals surface area contributed by atoms with Gasteiger partial charge in [0.1, 0.15) is 0 Å². The molecule has 0 fully saturated rings. The van der Waals surface area contributed by atoms with E-state index in [2.05, 4.69) is 19.2 Å². The number of nitrogens with one attached hydrogen (secondary N) is 1. The Balaban J connectivity index is 2.68. The van der Waals surface area contributed by atoms with Crippen molar-refractivity contribution in [1.29, 1.82) is 0 Å². The standard InChI is InChI=1S/C15H26N2O3S/c1-13(2)16-10-9-14-5-7-15(8-6-14)21(18,19)17(3)11-12-20-4/h5-8,13,16H,9-12H2,1-4H3. The highest BCUT2D eigenvalue weighted by molar-refractivity contribution is 7.89. The fourth-order valence-electron chi connectivity index (χ4n) is 1.85. The first-order chi connectivity index (χ1) is 9.87. The molecule has 0 atom stereocenters. The molecule has 1 N–H and O–H groups in total. The van der Waals surface area contributed by atoms with Crippen LogP contribution >= 0.6 is 0 Å². The van der Waals surface area contributed by atoms with Gasteiger partial charge in [-0.2, -0.15) is 4.31 Å². The molecule has 0 radical (unpaired) electrons. The second kappa shape index (κ2) is 8.48. The number of benzene rings is 1. The van der Waals surface area contributed by atoms with Crippen LogP contribution in [-0.2, 0) is 21.2 Å². The van der Waals surface area contributed by atoms with E-state index in [4.69, 9.17) is 4.74 Å². The lowest BCUT2D eigenvalue weighted by Crippen LogP contribution is -2.30. The molecule has 0 heterocycles. The fourth-order valence-corrected chi connectivity index (χ4v) is 3.01. The highest BCUT2D eigenvalue weighted by Gasteiger charge is 2.19. The molecular weight excluding hydrogens is 288 g/mol. The van der Waals surface area contributed by atoms with Crippen molar-refractivity contribution in [3.8, 4) is 0 Å². The summed E-state index contributed by atoms with van der Waals surface area (Å²) in [7, 11) is -0.304. The highest BCUT2D eigenvalue weighted by atomic mass is 32.2. The molecule has 0 aromatic heterocycles. The maximum absolute atomic E-state index is 12.3. The summed E-state index contributed by atoms with van der Waals surface area (Å²) in [5.74, 6) is 0. The van der Waals surface area contributed by atoms with E-state index < -0.39 is 10.0 Å². The van der Waals surface area contributed by atoms with Crippen LogP contribution in [0, 0.1) is 0 Å². The Kier molecular flexibility index (Phi) is 7.31. The number of hydrogen-bond acceptors (Lipinski definition) is 4. The molecule has 0 saturated carbocycles. The fraction of sp³-hybridized carbons (Fsp3) is 0.600. The molecule has 0 unspecified atom stereocenters. The van der Waals surface area contributed by atoms with Gasteiger partial charge in [0.2, 0.25) is 10.0 Å². The van der Waals surface area contributed by atoms with Gasteiger partial charge in [0, 0.05) is 26.7 Å². The largest absolute Gasteiger partial charge is 0.383 e. The van der Waals surface area contributed by atoms with E-state index in [0.717, 1.165) is 18.5 Å². The molecule has 0 amide bonds. The first-order valence-corrected chi connectivity index (χ1v) is 8.59. The van der Waals surface area contributed by atoms with Crippen LogP contribution in [0.25, 0.3) is 0 Å². The summed E-state index contributed by atoms with van der Waals surface area (Å²) in [5, 5.41) is 3.34. The summed E-state index contributed by atoms with van der Waals surface area (Å²) >= 11 is 0. The minimum Gasteiger partial charge on any atom is -0.383 e. The summed E-state index contributed by atoms with van der Waals surface area (Å²) < 4.78 is 30.8. The number of ether oxygens (including phenoxy) is 1. The molecule has 1 rings (SSSR count). The van der Waals surface area contributed by atoms with Gasteiger partial charge in [-0.15, -0.1) is 0 Å². The van der Waals surface area contributed by atoms with Crippen LogP contribution in [0.2, 0.25) is 0 Å². The van der Waals surface area contributed by atoms with Crippen molar-refractivity contribution < 1.29 is 13.2 Å². The Labute approximate surface area is 128 Å². The monoisotopic (exact) mass is 314 g/mol. The van der Waals surface area contributed by atoms with Gasteiger partial charge in [-0.05, 0) is 30.7 Å². The van der Waals surface area contributed by atoms with Crippen molar-refractivity contribution in [2.45, 2.75) is 31.2 Å². The average molecular weight is 314 g/mol. The zero-order valence-electron chi connectivity index (χ0n) is 13.3. The molecule has 0 aliphatic heterocycles. The van der Waals surface area contributed by atoms with E-state index >= 15 is 0 Å². The Morgan fingerprint density at radius 1 is 1.24 bits per heavy atom. The van der Waals surface area contributed by atoms with Crippen molar-refractivity contribution in [2.24, 2.45) is 0 Å². The number of rotatable bonds is 9. The maximum atomic E-state index is 12.3. The van der Waals surface area contributed by atoms with E-state index in [0.29, 0.717) is 24.1 Å². The first kappa shape index (κ1) is 18.1. The van der Waals surface area contributed by atoms with Gasteiger partial charge in [-0.1, -0.05) is 26.0 Å². The zero-order valence-corrected chi connectivity index (χ0v) is 14.1. The van der Waals surface area contributed by atoms with Crippen molar-refractivity contribution in [3.63, 3.8) is 0 Å². The molecule has 0 spiro atoms. The molecule has 21 heavy (non-hydrogen) atoms. The average Bonchev–Trinajstić information content (AvgIpc) is 2.44. The molecule has 0 saturated heterocycles. The maximum Gasteiger partial charge on any atom is 0.242 e. The normalized spacial score (nSPS) is 12.3. The minimum atomic E-state index is -3.42. The lowest BCUT2D eigenvalue weighted by atomic mass is 10.1. The van der Waals surface area contributed by atoms with Crippen LogP contribution in [0.5, 0.6) is 0 Å². The molecule has 6 heteroatoms. The van der Waals surface area contributed by atoms with Crippen LogP contribution in [0.3, 0.4) is 0 Å². The summed E-state index contributed by atoms with van der Waals surface area (Å²) in [5.41, 5.74) is 1.13. The third kappa shape index (κ3) is 5.74. The number of likely N-dealkylation sites (N-methyl/N-ethyl adjacent to an activating group) is 1. The smallest absolute Gasteiger partial charge is 0.242 e. The van der Waals surface area contributed by atoms with Gasteiger partial charge >= 0.3 is 0 Å². The van der Waals surface area contributed by atoms with Crippen LogP contribution in [-0.4, -0.2) is 52.6 Å². The lowest BCUT2D eigenvalue weighted by molar-refractivity contribution is 0.185. The van der Waals surface area contributed by atoms with E-state index in [1.165, 1.54) is 4.31 Å². The summed E-state index contributed by atoms with van der Waals surface area (Å²) in [6.07, 6.45) is 0.887. The van der Waals surface area contributed by atoms with Gasteiger partial charge < -0.3 is 10.1 Å². The predicted molar refractivity (Wildman–Crippen MR) is 85.0 cm³/mol. The third-order valence-corrected chi connectivity index (χ3v) is 5.08. The second-order valence-electron chi connectivity index (χ2n) is 5.32. The molecule has 1 aromatic carbocycles. The molecular formula is C15H26N2O3S. The van der Waals surface area contributed by atoms with Gasteiger partial charge in [-0.3, -0.25) is 0 Å². The van der Waals surface area contributed by atoms with E-state index in [-0.39, 0.29) is 0 Å². The molecule has 0 aliphatic rings. The Hall–Kier alpha value is -0.950. The topological polar surface area (TPSA) is 58.6 Å². The molecule has 1 aromatic rings. The lowest BCUT2D eigenvalue weighted by Gasteiger charge is -2.17. The van der Waals surface area contributed by atoms with Crippen molar-refractivity contribution in [2.75, 3.05) is 33.9 Å². The Morgan fingerprint density at radius 2 is 1.86 bits per heavy atom. The second-order valence-corrected chi connectivity index (χ2v) is 7.37. The van der Waals surface area contributed by atoms with Crippen LogP contribution in [0.1, 0.15) is 19.4 Å². The third-order valence-electron chi connectivity index (χ3n) is 3.21. The predicted octanol–water partition coefficient (Wildman–Crippen LogP) is 1.49. The van der Waals surface area contributed by atoms with E-state index in [1.807, 2.05) is 12.1 Å². The van der Waals surface area contributed by atoms with Crippen LogP contribution in [0.4, 0.5) is 0 Å². The Morgan fingerprint density at radius 3 is 2.38 bits per heavy atom. The van der Waals surface area contributed by atoms with E-state index in [9.17, 15) is 8.42 Å². The number of methoxy groups -OCH3 is 1. The molecule has 0 aliphatic carbocycles. The molecule has 120 valence electrons.